The van der Waals surface area contributed by atoms with Gasteiger partial charge in [-0.1, -0.05) is 0 Å². The van der Waals surface area contributed by atoms with E-state index in [9.17, 15) is 4.79 Å². The van der Waals surface area contributed by atoms with Crippen molar-refractivity contribution in [2.75, 3.05) is 19.6 Å². The van der Waals surface area contributed by atoms with E-state index in [1.807, 2.05) is 27.7 Å². The monoisotopic (exact) mass is 263 g/mol. The average molecular weight is 264 g/mol. The van der Waals surface area contributed by atoms with E-state index in [0.717, 1.165) is 26.1 Å². The Morgan fingerprint density at radius 2 is 2.12 bits per heavy atom. The normalized spacial score (nSPS) is 23.0. The molecule has 1 aliphatic heterocycles. The Bertz CT molecular complexity index is 253. The van der Waals surface area contributed by atoms with Crippen LogP contribution >= 0.6 is 12.4 Å². The molecule has 17 heavy (non-hydrogen) atoms. The second kappa shape index (κ2) is 6.57. The maximum Gasteiger partial charge on any atom is 0.237 e. The number of likely N-dealkylation sites (tertiary alicyclic amines) is 1. The number of nitrogens with one attached hydrogen (secondary N) is 1. The van der Waals surface area contributed by atoms with E-state index in [1.54, 1.807) is 0 Å². The van der Waals surface area contributed by atoms with Gasteiger partial charge in [0.2, 0.25) is 5.91 Å². The Labute approximate surface area is 111 Å². The molecule has 2 unspecified atom stereocenters. The summed E-state index contributed by atoms with van der Waals surface area (Å²) < 4.78 is 0. The Kier molecular flexibility index (Phi) is 6.45. The summed E-state index contributed by atoms with van der Waals surface area (Å²) in [4.78, 5) is 14.2. The zero-order valence-corrected chi connectivity index (χ0v) is 12.1. The molecule has 102 valence electrons. The van der Waals surface area contributed by atoms with Crippen LogP contribution in [0.4, 0.5) is 0 Å². The Balaban J connectivity index is 0.00000256. The van der Waals surface area contributed by atoms with Crippen molar-refractivity contribution in [3.05, 3.63) is 0 Å². The molecule has 1 aliphatic rings. The van der Waals surface area contributed by atoms with E-state index in [2.05, 4.69) is 10.2 Å². The zero-order chi connectivity index (χ0) is 12.3. The van der Waals surface area contributed by atoms with Crippen LogP contribution in [0, 0.1) is 5.92 Å². The van der Waals surface area contributed by atoms with Crippen molar-refractivity contribution in [2.24, 2.45) is 11.7 Å². The summed E-state index contributed by atoms with van der Waals surface area (Å²) in [6.07, 6.45) is 1.11. The molecule has 0 aromatic rings. The maximum atomic E-state index is 12.0. The van der Waals surface area contributed by atoms with Crippen LogP contribution in [0.2, 0.25) is 0 Å². The van der Waals surface area contributed by atoms with Gasteiger partial charge in [0.05, 0.1) is 6.04 Å². The SMILES string of the molecule is CC(C(=O)NC(C)(C)C)N1CCC(CN)C1.Cl. The number of rotatable bonds is 3. The fourth-order valence-corrected chi connectivity index (χ4v) is 2.05. The van der Waals surface area contributed by atoms with Gasteiger partial charge < -0.3 is 11.1 Å². The molecule has 0 saturated carbocycles. The molecule has 0 radical (unpaired) electrons. The first kappa shape index (κ1) is 16.7. The molecular weight excluding hydrogens is 238 g/mol. The largest absolute Gasteiger partial charge is 0.350 e. The summed E-state index contributed by atoms with van der Waals surface area (Å²) in [6.45, 7) is 10.7. The fraction of sp³-hybridized carbons (Fsp3) is 0.917. The molecule has 3 N–H and O–H groups in total. The molecule has 5 heteroatoms. The Morgan fingerprint density at radius 1 is 1.53 bits per heavy atom. The number of nitrogens with zero attached hydrogens (tertiary/aromatic N) is 1. The number of carbonyl (C=O) groups excluding carboxylic acids is 1. The topological polar surface area (TPSA) is 58.4 Å². The summed E-state index contributed by atoms with van der Waals surface area (Å²) in [6, 6.07) is -0.0456. The van der Waals surface area contributed by atoms with Gasteiger partial charge in [0, 0.05) is 12.1 Å². The number of halogens is 1. The summed E-state index contributed by atoms with van der Waals surface area (Å²) in [7, 11) is 0. The molecular formula is C12H26ClN3O. The highest BCUT2D eigenvalue weighted by atomic mass is 35.5. The van der Waals surface area contributed by atoms with Crippen LogP contribution in [0.1, 0.15) is 34.1 Å². The van der Waals surface area contributed by atoms with Crippen LogP contribution in [-0.2, 0) is 4.79 Å². The predicted octanol–water partition coefficient (Wildman–Crippen LogP) is 0.992. The quantitative estimate of drug-likeness (QED) is 0.799. The second-order valence-corrected chi connectivity index (χ2v) is 5.80. The molecule has 1 rings (SSSR count). The lowest BCUT2D eigenvalue weighted by atomic mass is 10.1. The third-order valence-corrected chi connectivity index (χ3v) is 3.08. The molecule has 1 amide bonds. The van der Waals surface area contributed by atoms with Crippen molar-refractivity contribution in [3.63, 3.8) is 0 Å². The fourth-order valence-electron chi connectivity index (χ4n) is 2.05. The summed E-state index contributed by atoms with van der Waals surface area (Å²) in [5.74, 6) is 0.676. The summed E-state index contributed by atoms with van der Waals surface area (Å²) in [5, 5.41) is 3.02. The first-order valence-corrected chi connectivity index (χ1v) is 6.09. The van der Waals surface area contributed by atoms with Gasteiger partial charge in [0.1, 0.15) is 0 Å². The standard InChI is InChI=1S/C12H25N3O.ClH/c1-9(11(16)14-12(2,3)4)15-6-5-10(7-13)8-15;/h9-10H,5-8,13H2,1-4H3,(H,14,16);1H. The number of nitrogens with two attached hydrogens (primary N) is 1. The highest BCUT2D eigenvalue weighted by Gasteiger charge is 2.30. The lowest BCUT2D eigenvalue weighted by Crippen LogP contribution is -2.50. The van der Waals surface area contributed by atoms with Gasteiger partial charge in [0.25, 0.3) is 0 Å². The second-order valence-electron chi connectivity index (χ2n) is 5.80. The van der Waals surface area contributed by atoms with Crippen molar-refractivity contribution >= 4 is 18.3 Å². The third-order valence-electron chi connectivity index (χ3n) is 3.08. The van der Waals surface area contributed by atoms with Gasteiger partial charge in [-0.3, -0.25) is 9.69 Å². The van der Waals surface area contributed by atoms with Crippen LogP contribution in [0.5, 0.6) is 0 Å². The van der Waals surface area contributed by atoms with Gasteiger partial charge in [-0.2, -0.15) is 0 Å². The highest BCUT2D eigenvalue weighted by molar-refractivity contribution is 5.85. The maximum absolute atomic E-state index is 12.0. The van der Waals surface area contributed by atoms with Gasteiger partial charge in [-0.25, -0.2) is 0 Å². The Hall–Kier alpha value is -0.320. The molecule has 1 saturated heterocycles. The zero-order valence-electron chi connectivity index (χ0n) is 11.3. The minimum Gasteiger partial charge on any atom is -0.350 e. The highest BCUT2D eigenvalue weighted by Crippen LogP contribution is 2.17. The average Bonchev–Trinajstić information content (AvgIpc) is 2.61. The van der Waals surface area contributed by atoms with Crippen LogP contribution in [0.15, 0.2) is 0 Å². The third kappa shape index (κ3) is 5.23. The van der Waals surface area contributed by atoms with Crippen LogP contribution in [0.3, 0.4) is 0 Å². The Morgan fingerprint density at radius 3 is 2.53 bits per heavy atom. The van der Waals surface area contributed by atoms with E-state index in [0.29, 0.717) is 5.92 Å². The first-order chi connectivity index (χ1) is 7.33. The van der Waals surface area contributed by atoms with Crippen molar-refractivity contribution in [3.8, 4) is 0 Å². The van der Waals surface area contributed by atoms with Gasteiger partial charge >= 0.3 is 0 Å². The van der Waals surface area contributed by atoms with Crippen LogP contribution in [0.25, 0.3) is 0 Å². The van der Waals surface area contributed by atoms with Crippen molar-refractivity contribution in [1.29, 1.82) is 0 Å². The van der Waals surface area contributed by atoms with Gasteiger partial charge in [0.15, 0.2) is 0 Å². The molecule has 0 aliphatic carbocycles. The number of carbonyl (C=O) groups is 1. The summed E-state index contributed by atoms with van der Waals surface area (Å²) in [5.41, 5.74) is 5.49. The van der Waals surface area contributed by atoms with E-state index in [-0.39, 0.29) is 29.9 Å². The number of hydrogen-bond donors (Lipinski definition) is 2. The lowest BCUT2D eigenvalue weighted by molar-refractivity contribution is -0.127. The minimum atomic E-state index is -0.154. The van der Waals surface area contributed by atoms with E-state index < -0.39 is 0 Å². The van der Waals surface area contributed by atoms with Crippen molar-refractivity contribution < 1.29 is 4.79 Å². The number of amides is 1. The lowest BCUT2D eigenvalue weighted by Gasteiger charge is -2.28. The van der Waals surface area contributed by atoms with Gasteiger partial charge in [-0.05, 0) is 53.1 Å². The number of hydrogen-bond acceptors (Lipinski definition) is 3. The molecule has 1 fully saturated rings. The molecule has 0 aromatic heterocycles. The minimum absolute atomic E-state index is 0. The van der Waals surface area contributed by atoms with Crippen LogP contribution in [-0.4, -0.2) is 42.0 Å². The molecule has 0 spiro atoms. The summed E-state index contributed by atoms with van der Waals surface area (Å²) >= 11 is 0. The smallest absolute Gasteiger partial charge is 0.237 e. The molecule has 2 atom stereocenters. The van der Waals surface area contributed by atoms with Crippen molar-refractivity contribution in [1.82, 2.24) is 10.2 Å². The van der Waals surface area contributed by atoms with E-state index in [1.165, 1.54) is 0 Å². The first-order valence-electron chi connectivity index (χ1n) is 6.09. The van der Waals surface area contributed by atoms with E-state index in [4.69, 9.17) is 5.73 Å². The van der Waals surface area contributed by atoms with Crippen LogP contribution < -0.4 is 11.1 Å². The predicted molar refractivity (Wildman–Crippen MR) is 73.3 cm³/mol. The van der Waals surface area contributed by atoms with Crippen molar-refractivity contribution in [2.45, 2.75) is 45.7 Å². The van der Waals surface area contributed by atoms with Gasteiger partial charge in [-0.15, -0.1) is 12.4 Å². The molecule has 0 aromatic carbocycles. The van der Waals surface area contributed by atoms with E-state index >= 15 is 0 Å². The molecule has 0 bridgehead atoms. The molecule has 4 nitrogen and oxygen atoms in total. The molecule has 1 heterocycles.